The third-order valence-corrected chi connectivity index (χ3v) is 3.41. The zero-order valence-electron chi connectivity index (χ0n) is 10.5. The van der Waals surface area contributed by atoms with Gasteiger partial charge in [0.1, 0.15) is 5.70 Å². The van der Waals surface area contributed by atoms with E-state index in [0.29, 0.717) is 10.2 Å². The molecule has 0 saturated heterocycles. The Morgan fingerprint density at radius 3 is 2.29 bits per heavy atom. The number of halogens is 2. The van der Waals surface area contributed by atoms with E-state index in [1.165, 1.54) is 12.1 Å². The highest BCUT2D eigenvalue weighted by molar-refractivity contribution is 9.10. The van der Waals surface area contributed by atoms with Crippen LogP contribution in [0.5, 0.6) is 0 Å². The number of carbonyl (C=O) groups excluding carboxylic acids is 1. The van der Waals surface area contributed by atoms with Crippen molar-refractivity contribution < 1.29 is 19.1 Å². The average molecular weight is 415 g/mol. The van der Waals surface area contributed by atoms with Gasteiger partial charge in [-0.15, -0.1) is 0 Å². The Kier molecular flexibility index (Phi) is 4.98. The van der Waals surface area contributed by atoms with E-state index in [-0.39, 0.29) is 11.5 Å². The van der Waals surface area contributed by atoms with Gasteiger partial charge >= 0.3 is 5.97 Å². The van der Waals surface area contributed by atoms with Gasteiger partial charge in [-0.2, -0.15) is 0 Å². The summed E-state index contributed by atoms with van der Waals surface area (Å²) in [5, 5.41) is 11.5. The molecule has 108 valence electrons. The fraction of sp³-hybridized carbons (Fsp3) is 0. The molecule has 0 aliphatic heterocycles. The highest BCUT2D eigenvalue weighted by Gasteiger charge is 2.16. The molecule has 1 amide bonds. The van der Waals surface area contributed by atoms with E-state index in [2.05, 4.69) is 37.2 Å². The summed E-state index contributed by atoms with van der Waals surface area (Å²) in [5.41, 5.74) is 0.409. The van der Waals surface area contributed by atoms with Gasteiger partial charge in [0.05, 0.1) is 0 Å². The van der Waals surface area contributed by atoms with Gasteiger partial charge in [0.25, 0.3) is 5.91 Å². The van der Waals surface area contributed by atoms with Gasteiger partial charge in [0, 0.05) is 4.47 Å². The Bertz CT molecular complexity index is 704. The van der Waals surface area contributed by atoms with Crippen LogP contribution < -0.4 is 5.32 Å². The van der Waals surface area contributed by atoms with E-state index < -0.39 is 11.9 Å². The van der Waals surface area contributed by atoms with E-state index >= 15 is 0 Å². The number of carboxylic acid groups (broad SMARTS) is 1. The molecule has 0 spiro atoms. The van der Waals surface area contributed by atoms with Crippen molar-refractivity contribution in [2.24, 2.45) is 0 Å². The fourth-order valence-electron chi connectivity index (χ4n) is 1.50. The fourth-order valence-corrected chi connectivity index (χ4v) is 2.07. The van der Waals surface area contributed by atoms with Gasteiger partial charge in [-0.25, -0.2) is 4.79 Å². The second-order valence-corrected chi connectivity index (χ2v) is 5.67. The summed E-state index contributed by atoms with van der Waals surface area (Å²) >= 11 is 6.36. The molecule has 0 atom stereocenters. The van der Waals surface area contributed by atoms with Crippen molar-refractivity contribution in [1.82, 2.24) is 5.32 Å². The van der Waals surface area contributed by atoms with Crippen molar-refractivity contribution in [3.05, 3.63) is 62.6 Å². The van der Waals surface area contributed by atoms with Crippen LogP contribution in [-0.4, -0.2) is 17.0 Å². The predicted molar refractivity (Wildman–Crippen MR) is 83.6 cm³/mol. The molecule has 0 bridgehead atoms. The van der Waals surface area contributed by atoms with Crippen molar-refractivity contribution in [1.29, 1.82) is 0 Å². The second kappa shape index (κ2) is 6.73. The Morgan fingerprint density at radius 2 is 1.76 bits per heavy atom. The standard InChI is InChI=1S/C14H9Br2NO4/c15-9-3-1-8(2-4-9)7-10(14(19)20)17-13(18)11-5-6-12(16)21-11/h1-7H,(H,17,18)(H,19,20)/b10-7+. The first kappa shape index (κ1) is 15.5. The molecule has 0 aliphatic rings. The number of nitrogens with one attached hydrogen (secondary N) is 1. The second-order valence-electron chi connectivity index (χ2n) is 3.97. The zero-order chi connectivity index (χ0) is 15.4. The number of aliphatic carboxylic acids is 1. The highest BCUT2D eigenvalue weighted by atomic mass is 79.9. The lowest BCUT2D eigenvalue weighted by atomic mass is 10.2. The van der Waals surface area contributed by atoms with Gasteiger partial charge < -0.3 is 14.8 Å². The largest absolute Gasteiger partial charge is 0.477 e. The topological polar surface area (TPSA) is 79.5 Å². The minimum atomic E-state index is -1.24. The first-order valence-corrected chi connectivity index (χ1v) is 7.31. The van der Waals surface area contributed by atoms with Crippen LogP contribution in [0.1, 0.15) is 16.1 Å². The number of rotatable bonds is 4. The summed E-state index contributed by atoms with van der Waals surface area (Å²) in [6.45, 7) is 0. The monoisotopic (exact) mass is 413 g/mol. The van der Waals surface area contributed by atoms with E-state index in [9.17, 15) is 9.59 Å². The molecule has 1 aromatic heterocycles. The lowest BCUT2D eigenvalue weighted by Gasteiger charge is -2.04. The molecule has 0 unspecified atom stereocenters. The minimum Gasteiger partial charge on any atom is -0.477 e. The smallest absolute Gasteiger partial charge is 0.352 e. The van der Waals surface area contributed by atoms with Gasteiger partial charge in [0.15, 0.2) is 10.4 Å². The van der Waals surface area contributed by atoms with Gasteiger partial charge in [-0.3, -0.25) is 4.79 Å². The first-order chi connectivity index (χ1) is 9.95. The molecule has 2 N–H and O–H groups in total. The summed E-state index contributed by atoms with van der Waals surface area (Å²) in [5.74, 6) is -1.85. The molecular weight excluding hydrogens is 406 g/mol. The molecule has 7 heteroatoms. The number of benzene rings is 1. The van der Waals surface area contributed by atoms with E-state index in [1.54, 1.807) is 30.3 Å². The van der Waals surface area contributed by atoms with Crippen LogP contribution in [0.4, 0.5) is 0 Å². The van der Waals surface area contributed by atoms with Crippen molar-refractivity contribution in [3.8, 4) is 0 Å². The molecule has 1 aromatic carbocycles. The number of carbonyl (C=O) groups is 2. The van der Waals surface area contributed by atoms with E-state index in [1.807, 2.05) is 0 Å². The molecule has 2 rings (SSSR count). The SMILES string of the molecule is O=C(O)/C(=C\c1ccc(Br)cc1)NC(=O)c1ccc(Br)o1. The molecule has 1 heterocycles. The summed E-state index contributed by atoms with van der Waals surface area (Å²) in [7, 11) is 0. The number of hydrogen-bond acceptors (Lipinski definition) is 3. The predicted octanol–water partition coefficient (Wildman–Crippen LogP) is 3.66. The third kappa shape index (κ3) is 4.30. The van der Waals surface area contributed by atoms with Crippen LogP contribution >= 0.6 is 31.9 Å². The molecule has 0 radical (unpaired) electrons. The van der Waals surface area contributed by atoms with Crippen molar-refractivity contribution in [2.75, 3.05) is 0 Å². The Labute approximate surface area is 136 Å². The highest BCUT2D eigenvalue weighted by Crippen LogP contribution is 2.15. The maximum atomic E-state index is 11.9. The van der Waals surface area contributed by atoms with Gasteiger partial charge in [-0.1, -0.05) is 28.1 Å². The summed E-state index contributed by atoms with van der Waals surface area (Å²) in [4.78, 5) is 23.1. The van der Waals surface area contributed by atoms with Crippen molar-refractivity contribution in [3.63, 3.8) is 0 Å². The molecule has 0 saturated carbocycles. The Morgan fingerprint density at radius 1 is 1.10 bits per heavy atom. The number of amides is 1. The average Bonchev–Trinajstić information content (AvgIpc) is 2.87. The number of carboxylic acids is 1. The normalized spacial score (nSPS) is 11.2. The lowest BCUT2D eigenvalue weighted by molar-refractivity contribution is -0.132. The number of furan rings is 1. The molecular formula is C14H9Br2NO4. The maximum absolute atomic E-state index is 11.9. The van der Waals surface area contributed by atoms with Crippen LogP contribution in [-0.2, 0) is 4.79 Å². The molecule has 0 fully saturated rings. The Hall–Kier alpha value is -1.86. The molecule has 2 aromatic rings. The molecule has 5 nitrogen and oxygen atoms in total. The van der Waals surface area contributed by atoms with Crippen LogP contribution in [0.25, 0.3) is 6.08 Å². The summed E-state index contributed by atoms with van der Waals surface area (Å²) in [6.07, 6.45) is 1.37. The lowest BCUT2D eigenvalue weighted by Crippen LogP contribution is -2.26. The quantitative estimate of drug-likeness (QED) is 0.748. The first-order valence-electron chi connectivity index (χ1n) is 5.73. The van der Waals surface area contributed by atoms with Crippen LogP contribution in [0.2, 0.25) is 0 Å². The van der Waals surface area contributed by atoms with Crippen LogP contribution in [0, 0.1) is 0 Å². The summed E-state index contributed by atoms with van der Waals surface area (Å²) < 4.78 is 6.34. The minimum absolute atomic E-state index is 0.0184. The van der Waals surface area contributed by atoms with Crippen molar-refractivity contribution in [2.45, 2.75) is 0 Å². The third-order valence-electron chi connectivity index (χ3n) is 2.46. The van der Waals surface area contributed by atoms with Gasteiger partial charge in [-0.05, 0) is 51.8 Å². The van der Waals surface area contributed by atoms with Gasteiger partial charge in [0.2, 0.25) is 0 Å². The summed E-state index contributed by atoms with van der Waals surface area (Å²) in [6, 6.07) is 9.99. The van der Waals surface area contributed by atoms with Crippen molar-refractivity contribution >= 4 is 49.8 Å². The van der Waals surface area contributed by atoms with E-state index in [4.69, 9.17) is 9.52 Å². The maximum Gasteiger partial charge on any atom is 0.352 e. The van der Waals surface area contributed by atoms with Crippen LogP contribution in [0.3, 0.4) is 0 Å². The molecule has 0 aliphatic carbocycles. The zero-order valence-corrected chi connectivity index (χ0v) is 13.6. The number of hydrogen-bond donors (Lipinski definition) is 2. The van der Waals surface area contributed by atoms with Crippen LogP contribution in [0.15, 0.2) is 55.7 Å². The molecule has 21 heavy (non-hydrogen) atoms. The Balaban J connectivity index is 2.21. The van der Waals surface area contributed by atoms with E-state index in [0.717, 1.165) is 4.47 Å².